The summed E-state index contributed by atoms with van der Waals surface area (Å²) in [5.41, 5.74) is 1.30. The molecule has 4 heteroatoms. The second-order valence-corrected chi connectivity index (χ2v) is 6.03. The first-order chi connectivity index (χ1) is 9.63. The number of aliphatic imine (C=N–C) groups is 1. The minimum atomic E-state index is -0.364. The molecule has 0 bridgehead atoms. The van der Waals surface area contributed by atoms with Crippen LogP contribution < -0.4 is 0 Å². The molecule has 0 aliphatic heterocycles. The van der Waals surface area contributed by atoms with Crippen molar-refractivity contribution < 1.29 is 9.53 Å². The molecule has 0 heterocycles. The Labute approximate surface area is 125 Å². The topological polar surface area (TPSA) is 38.7 Å². The minimum absolute atomic E-state index is 0.247. The number of hydrogen-bond donors (Lipinski definition) is 0. The van der Waals surface area contributed by atoms with Crippen molar-refractivity contribution >= 4 is 23.9 Å². The molecule has 110 valence electrons. The van der Waals surface area contributed by atoms with E-state index in [0.29, 0.717) is 5.92 Å². The van der Waals surface area contributed by atoms with Gasteiger partial charge >= 0.3 is 5.97 Å². The lowest BCUT2D eigenvalue weighted by molar-refractivity contribution is -0.142. The third kappa shape index (κ3) is 6.75. The number of benzene rings is 1. The predicted molar refractivity (Wildman–Crippen MR) is 86.4 cm³/mol. The fraction of sp³-hybridized carbons (Fsp3) is 0.500. The number of ether oxygens (including phenoxy) is 1. The molecule has 1 atom stereocenters. The van der Waals surface area contributed by atoms with Gasteiger partial charge in [0.15, 0.2) is 0 Å². The number of carbonyl (C=O) groups excluding carboxylic acids is 1. The Balaban J connectivity index is 2.35. The van der Waals surface area contributed by atoms with Crippen molar-refractivity contribution in [2.45, 2.75) is 32.1 Å². The number of thioether (sulfide) groups is 1. The maximum absolute atomic E-state index is 11.6. The van der Waals surface area contributed by atoms with Crippen LogP contribution in [0.4, 0.5) is 0 Å². The molecule has 0 aliphatic rings. The van der Waals surface area contributed by atoms with Gasteiger partial charge in [0, 0.05) is 17.7 Å². The van der Waals surface area contributed by atoms with E-state index in [9.17, 15) is 4.79 Å². The van der Waals surface area contributed by atoms with E-state index in [0.717, 1.165) is 17.9 Å². The summed E-state index contributed by atoms with van der Waals surface area (Å²) in [6.07, 6.45) is 2.56. The average molecular weight is 293 g/mol. The van der Waals surface area contributed by atoms with Crippen LogP contribution in [0.5, 0.6) is 0 Å². The second-order valence-electron chi connectivity index (χ2n) is 5.00. The van der Waals surface area contributed by atoms with E-state index in [2.05, 4.69) is 31.0 Å². The standard InChI is InChI=1S/C16H23NO2S/c1-13(2)11-15(16(18)19-3)17-9-10-20-12-14-7-5-4-6-8-14/h4-9,13,15H,10-12H2,1-3H3/t15-/m0/s1. The molecule has 0 saturated carbocycles. The number of rotatable bonds is 8. The first-order valence-corrected chi connectivity index (χ1v) is 8.00. The molecule has 0 fully saturated rings. The highest BCUT2D eigenvalue weighted by Gasteiger charge is 2.18. The Hall–Kier alpha value is -1.29. The Morgan fingerprint density at radius 1 is 1.35 bits per heavy atom. The third-order valence-corrected chi connectivity index (χ3v) is 3.68. The largest absolute Gasteiger partial charge is 0.467 e. The number of esters is 1. The highest BCUT2D eigenvalue weighted by molar-refractivity contribution is 7.99. The van der Waals surface area contributed by atoms with E-state index in [1.165, 1.54) is 12.7 Å². The Morgan fingerprint density at radius 2 is 2.05 bits per heavy atom. The van der Waals surface area contributed by atoms with E-state index in [1.54, 1.807) is 11.8 Å². The van der Waals surface area contributed by atoms with Crippen molar-refractivity contribution in [3.8, 4) is 0 Å². The van der Waals surface area contributed by atoms with Crippen LogP contribution in [0, 0.1) is 5.92 Å². The number of carbonyl (C=O) groups is 1. The number of methoxy groups -OCH3 is 1. The molecule has 0 aliphatic carbocycles. The quantitative estimate of drug-likeness (QED) is 0.418. The van der Waals surface area contributed by atoms with Crippen molar-refractivity contribution in [2.24, 2.45) is 10.9 Å². The molecule has 20 heavy (non-hydrogen) atoms. The molecular formula is C16H23NO2S. The molecule has 0 spiro atoms. The van der Waals surface area contributed by atoms with Crippen LogP contribution in [0.3, 0.4) is 0 Å². The van der Waals surface area contributed by atoms with Gasteiger partial charge in [-0.2, -0.15) is 11.8 Å². The van der Waals surface area contributed by atoms with E-state index in [-0.39, 0.29) is 12.0 Å². The van der Waals surface area contributed by atoms with Gasteiger partial charge in [0.05, 0.1) is 7.11 Å². The van der Waals surface area contributed by atoms with Crippen LogP contribution >= 0.6 is 11.8 Å². The molecule has 1 rings (SSSR count). The summed E-state index contributed by atoms with van der Waals surface area (Å²) in [5, 5.41) is 0. The van der Waals surface area contributed by atoms with Gasteiger partial charge in [0.1, 0.15) is 6.04 Å². The first-order valence-electron chi connectivity index (χ1n) is 6.84. The highest BCUT2D eigenvalue weighted by atomic mass is 32.2. The summed E-state index contributed by atoms with van der Waals surface area (Å²) < 4.78 is 4.78. The van der Waals surface area contributed by atoms with Crippen LogP contribution in [0.2, 0.25) is 0 Å². The summed E-state index contributed by atoms with van der Waals surface area (Å²) in [5.74, 6) is 1.94. The number of nitrogens with zero attached hydrogens (tertiary/aromatic N) is 1. The Bertz CT molecular complexity index is 418. The molecule has 0 unspecified atom stereocenters. The molecule has 0 N–H and O–H groups in total. The average Bonchev–Trinajstić information content (AvgIpc) is 2.45. The van der Waals surface area contributed by atoms with Crippen LogP contribution in [0.15, 0.2) is 35.3 Å². The van der Waals surface area contributed by atoms with E-state index >= 15 is 0 Å². The zero-order chi connectivity index (χ0) is 14.8. The summed E-state index contributed by atoms with van der Waals surface area (Å²) in [4.78, 5) is 15.9. The predicted octanol–water partition coefficient (Wildman–Crippen LogP) is 3.58. The monoisotopic (exact) mass is 293 g/mol. The van der Waals surface area contributed by atoms with E-state index in [1.807, 2.05) is 24.4 Å². The van der Waals surface area contributed by atoms with E-state index in [4.69, 9.17) is 4.74 Å². The first kappa shape index (κ1) is 16.8. The lowest BCUT2D eigenvalue weighted by atomic mass is 10.0. The Kier molecular flexibility index (Phi) is 8.04. The van der Waals surface area contributed by atoms with Crippen molar-refractivity contribution in [3.05, 3.63) is 35.9 Å². The van der Waals surface area contributed by atoms with Crippen molar-refractivity contribution in [3.63, 3.8) is 0 Å². The number of hydrogen-bond acceptors (Lipinski definition) is 4. The fourth-order valence-electron chi connectivity index (χ4n) is 1.77. The van der Waals surface area contributed by atoms with Gasteiger partial charge in [-0.25, -0.2) is 4.79 Å². The lowest BCUT2D eigenvalue weighted by Crippen LogP contribution is -2.22. The van der Waals surface area contributed by atoms with Gasteiger partial charge in [-0.1, -0.05) is 44.2 Å². The molecule has 0 amide bonds. The van der Waals surface area contributed by atoms with Gasteiger partial charge < -0.3 is 4.74 Å². The molecule has 0 saturated heterocycles. The second kappa shape index (κ2) is 9.59. The summed E-state index contributed by atoms with van der Waals surface area (Å²) in [7, 11) is 1.41. The normalized spacial score (nSPS) is 12.8. The van der Waals surface area contributed by atoms with Crippen LogP contribution in [0.25, 0.3) is 0 Å². The summed E-state index contributed by atoms with van der Waals surface area (Å²) in [6.45, 7) is 4.16. The van der Waals surface area contributed by atoms with Crippen LogP contribution in [-0.4, -0.2) is 31.1 Å². The van der Waals surface area contributed by atoms with Crippen molar-refractivity contribution in [2.75, 3.05) is 12.9 Å². The van der Waals surface area contributed by atoms with Gasteiger partial charge in [-0.05, 0) is 17.9 Å². The van der Waals surface area contributed by atoms with Crippen molar-refractivity contribution in [1.29, 1.82) is 0 Å². The lowest BCUT2D eigenvalue weighted by Gasteiger charge is -2.12. The SMILES string of the molecule is COC(=O)[C@H](CC(C)C)N=CCSCc1ccccc1. The van der Waals surface area contributed by atoms with Crippen LogP contribution in [-0.2, 0) is 15.3 Å². The smallest absolute Gasteiger partial charge is 0.330 e. The maximum atomic E-state index is 11.6. The van der Waals surface area contributed by atoms with Crippen LogP contribution in [0.1, 0.15) is 25.8 Å². The third-order valence-electron chi connectivity index (χ3n) is 2.76. The van der Waals surface area contributed by atoms with E-state index < -0.39 is 0 Å². The van der Waals surface area contributed by atoms with Gasteiger partial charge in [-0.15, -0.1) is 0 Å². The molecule has 0 radical (unpaired) electrons. The minimum Gasteiger partial charge on any atom is -0.467 e. The van der Waals surface area contributed by atoms with Gasteiger partial charge in [0.2, 0.25) is 0 Å². The molecule has 1 aromatic rings. The zero-order valence-corrected chi connectivity index (χ0v) is 13.2. The van der Waals surface area contributed by atoms with Gasteiger partial charge in [-0.3, -0.25) is 4.99 Å². The molecule has 0 aromatic heterocycles. The van der Waals surface area contributed by atoms with Gasteiger partial charge in [0.25, 0.3) is 0 Å². The molecule has 3 nitrogen and oxygen atoms in total. The highest BCUT2D eigenvalue weighted by Crippen LogP contribution is 2.12. The summed E-state index contributed by atoms with van der Waals surface area (Å²) >= 11 is 1.79. The molecule has 1 aromatic carbocycles. The van der Waals surface area contributed by atoms with Crippen molar-refractivity contribution in [1.82, 2.24) is 0 Å². The maximum Gasteiger partial charge on any atom is 0.330 e. The Morgan fingerprint density at radius 3 is 2.65 bits per heavy atom. The molecular weight excluding hydrogens is 270 g/mol. The fourth-order valence-corrected chi connectivity index (χ4v) is 2.51. The zero-order valence-electron chi connectivity index (χ0n) is 12.4. The summed E-state index contributed by atoms with van der Waals surface area (Å²) in [6, 6.07) is 9.96.